The van der Waals surface area contributed by atoms with Crippen LogP contribution >= 0.6 is 0 Å². The minimum Gasteiger partial charge on any atom is -0.343 e. The molecule has 2 amide bonds. The number of benzene rings is 2. The Bertz CT molecular complexity index is 991. The molecule has 0 aliphatic rings. The maximum Gasteiger partial charge on any atom is 0.251 e. The zero-order valence-electron chi connectivity index (χ0n) is 14.3. The highest BCUT2D eigenvalue weighted by Crippen LogP contribution is 2.19. The number of nitrogens with one attached hydrogen (secondary N) is 2. The molecule has 0 aliphatic carbocycles. The van der Waals surface area contributed by atoms with Crippen molar-refractivity contribution in [1.82, 2.24) is 20.1 Å². The molecule has 10 heteroatoms. The van der Waals surface area contributed by atoms with Gasteiger partial charge in [0, 0.05) is 5.56 Å². The van der Waals surface area contributed by atoms with E-state index in [1.165, 1.54) is 6.33 Å². The third kappa shape index (κ3) is 4.53. The summed E-state index contributed by atoms with van der Waals surface area (Å²) in [5, 5.41) is 8.41. The van der Waals surface area contributed by atoms with Crippen LogP contribution in [-0.4, -0.2) is 33.1 Å². The molecular weight excluding hydrogens is 375 g/mol. The Hall–Kier alpha value is -3.69. The summed E-state index contributed by atoms with van der Waals surface area (Å²) in [5.74, 6) is -5.87. The van der Waals surface area contributed by atoms with Crippen molar-refractivity contribution in [1.29, 1.82) is 0 Å². The van der Waals surface area contributed by atoms with Crippen LogP contribution in [0.5, 0.6) is 0 Å². The van der Waals surface area contributed by atoms with Crippen molar-refractivity contribution in [3.05, 3.63) is 77.6 Å². The normalized spacial score (nSPS) is 10.5. The molecule has 3 aromatic rings. The number of carbonyl (C=O) groups is 2. The summed E-state index contributed by atoms with van der Waals surface area (Å²) < 4.78 is 41.2. The number of halogens is 3. The van der Waals surface area contributed by atoms with Gasteiger partial charge in [-0.05, 0) is 29.8 Å². The maximum atomic E-state index is 13.5. The number of carbonyl (C=O) groups excluding carboxylic acids is 2. The molecule has 2 N–H and O–H groups in total. The number of hydrogen-bond acceptors (Lipinski definition) is 4. The predicted octanol–water partition coefficient (Wildman–Crippen LogP) is 2.11. The van der Waals surface area contributed by atoms with Gasteiger partial charge in [0.15, 0.2) is 17.5 Å². The highest BCUT2D eigenvalue weighted by molar-refractivity contribution is 5.99. The standard InChI is InChI=1S/C18H14F3N5O2/c19-13-5-6-14(17(21)16(13)20)25-15(27)7-23-18(28)12-3-1-11(2-4-12)8-26-10-22-9-24-26/h1-6,9-10H,7-8H2,(H,23,28)(H,25,27). The Morgan fingerprint density at radius 3 is 2.43 bits per heavy atom. The van der Waals surface area contributed by atoms with Crippen LogP contribution in [0.1, 0.15) is 15.9 Å². The van der Waals surface area contributed by atoms with E-state index < -0.39 is 41.5 Å². The molecule has 1 heterocycles. The van der Waals surface area contributed by atoms with Crippen LogP contribution in [0.2, 0.25) is 0 Å². The van der Waals surface area contributed by atoms with E-state index in [9.17, 15) is 22.8 Å². The third-order valence-electron chi connectivity index (χ3n) is 3.75. The molecule has 0 unspecified atom stereocenters. The summed E-state index contributed by atoms with van der Waals surface area (Å²) in [4.78, 5) is 27.7. The lowest BCUT2D eigenvalue weighted by Crippen LogP contribution is -2.33. The number of hydrogen-bond donors (Lipinski definition) is 2. The zero-order chi connectivity index (χ0) is 20.1. The van der Waals surface area contributed by atoms with Gasteiger partial charge in [-0.3, -0.25) is 9.59 Å². The summed E-state index contributed by atoms with van der Waals surface area (Å²) in [5.41, 5.74) is 0.693. The van der Waals surface area contributed by atoms with Crippen LogP contribution in [0.3, 0.4) is 0 Å². The summed E-state index contributed by atoms with van der Waals surface area (Å²) in [6.45, 7) is 0.0159. The van der Waals surface area contributed by atoms with Crippen LogP contribution in [-0.2, 0) is 11.3 Å². The fraction of sp³-hybridized carbons (Fsp3) is 0.111. The molecule has 3 rings (SSSR count). The first kappa shape index (κ1) is 19.1. The van der Waals surface area contributed by atoms with Crippen LogP contribution in [0, 0.1) is 17.5 Å². The van der Waals surface area contributed by atoms with E-state index in [1.807, 2.05) is 0 Å². The van der Waals surface area contributed by atoms with Crippen molar-refractivity contribution in [2.45, 2.75) is 6.54 Å². The summed E-state index contributed by atoms with van der Waals surface area (Å²) >= 11 is 0. The Morgan fingerprint density at radius 2 is 1.75 bits per heavy atom. The Balaban J connectivity index is 1.53. The highest BCUT2D eigenvalue weighted by Gasteiger charge is 2.15. The molecule has 0 saturated heterocycles. The molecule has 0 radical (unpaired) electrons. The van der Waals surface area contributed by atoms with Crippen molar-refractivity contribution in [3.63, 3.8) is 0 Å². The van der Waals surface area contributed by atoms with E-state index in [0.717, 1.165) is 11.6 Å². The SMILES string of the molecule is O=C(CNC(=O)c1ccc(Cn2cncn2)cc1)Nc1ccc(F)c(F)c1F. The minimum absolute atomic E-state index is 0.314. The highest BCUT2D eigenvalue weighted by atomic mass is 19.2. The fourth-order valence-electron chi connectivity index (χ4n) is 2.34. The topological polar surface area (TPSA) is 88.9 Å². The van der Waals surface area contributed by atoms with Crippen molar-refractivity contribution >= 4 is 17.5 Å². The maximum absolute atomic E-state index is 13.5. The lowest BCUT2D eigenvalue weighted by atomic mass is 10.1. The van der Waals surface area contributed by atoms with Crippen molar-refractivity contribution in [2.24, 2.45) is 0 Å². The summed E-state index contributed by atoms with van der Waals surface area (Å²) in [7, 11) is 0. The number of aromatic nitrogens is 3. The van der Waals surface area contributed by atoms with Gasteiger partial charge in [0.25, 0.3) is 5.91 Å². The Morgan fingerprint density at radius 1 is 1.00 bits per heavy atom. The number of anilines is 1. The van der Waals surface area contributed by atoms with E-state index >= 15 is 0 Å². The summed E-state index contributed by atoms with van der Waals surface area (Å²) in [6, 6.07) is 8.19. The third-order valence-corrected chi connectivity index (χ3v) is 3.75. The molecule has 0 aliphatic heterocycles. The largest absolute Gasteiger partial charge is 0.343 e. The molecule has 0 bridgehead atoms. The number of nitrogens with zero attached hydrogens (tertiary/aromatic N) is 3. The predicted molar refractivity (Wildman–Crippen MR) is 92.8 cm³/mol. The minimum atomic E-state index is -1.69. The second-order valence-corrected chi connectivity index (χ2v) is 5.74. The van der Waals surface area contributed by atoms with E-state index in [2.05, 4.69) is 20.7 Å². The second kappa shape index (κ2) is 8.33. The molecule has 2 aromatic carbocycles. The van der Waals surface area contributed by atoms with E-state index in [1.54, 1.807) is 35.3 Å². The van der Waals surface area contributed by atoms with Gasteiger partial charge >= 0.3 is 0 Å². The smallest absolute Gasteiger partial charge is 0.251 e. The Labute approximate surface area is 157 Å². The van der Waals surface area contributed by atoms with E-state index in [4.69, 9.17) is 0 Å². The lowest BCUT2D eigenvalue weighted by molar-refractivity contribution is -0.115. The molecule has 1 aromatic heterocycles. The van der Waals surface area contributed by atoms with Crippen molar-refractivity contribution < 1.29 is 22.8 Å². The van der Waals surface area contributed by atoms with Gasteiger partial charge in [0.1, 0.15) is 12.7 Å². The first-order valence-electron chi connectivity index (χ1n) is 8.07. The number of amides is 2. The van der Waals surface area contributed by atoms with Crippen LogP contribution in [0.15, 0.2) is 49.1 Å². The van der Waals surface area contributed by atoms with Gasteiger partial charge in [-0.1, -0.05) is 12.1 Å². The molecule has 0 atom stereocenters. The van der Waals surface area contributed by atoms with Crippen molar-refractivity contribution in [2.75, 3.05) is 11.9 Å². The van der Waals surface area contributed by atoms with Crippen molar-refractivity contribution in [3.8, 4) is 0 Å². The zero-order valence-corrected chi connectivity index (χ0v) is 14.3. The molecule has 144 valence electrons. The average molecular weight is 389 g/mol. The van der Waals surface area contributed by atoms with E-state index in [-0.39, 0.29) is 0 Å². The fourth-order valence-corrected chi connectivity index (χ4v) is 2.34. The van der Waals surface area contributed by atoms with Gasteiger partial charge in [0.2, 0.25) is 5.91 Å². The van der Waals surface area contributed by atoms with Gasteiger partial charge in [-0.15, -0.1) is 0 Å². The first-order chi connectivity index (χ1) is 13.4. The van der Waals surface area contributed by atoms with Gasteiger partial charge < -0.3 is 10.6 Å². The lowest BCUT2D eigenvalue weighted by Gasteiger charge is -2.09. The first-order valence-corrected chi connectivity index (χ1v) is 8.07. The average Bonchev–Trinajstić information content (AvgIpc) is 3.20. The molecular formula is C18H14F3N5O2. The van der Waals surface area contributed by atoms with Crippen LogP contribution in [0.4, 0.5) is 18.9 Å². The van der Waals surface area contributed by atoms with Gasteiger partial charge in [-0.25, -0.2) is 22.8 Å². The van der Waals surface area contributed by atoms with E-state index in [0.29, 0.717) is 18.2 Å². The van der Waals surface area contributed by atoms with Crippen LogP contribution < -0.4 is 10.6 Å². The molecule has 0 fully saturated rings. The molecule has 0 spiro atoms. The summed E-state index contributed by atoms with van der Waals surface area (Å²) in [6.07, 6.45) is 2.98. The molecule has 0 saturated carbocycles. The van der Waals surface area contributed by atoms with Gasteiger partial charge in [-0.2, -0.15) is 5.10 Å². The molecule has 28 heavy (non-hydrogen) atoms. The second-order valence-electron chi connectivity index (χ2n) is 5.74. The monoisotopic (exact) mass is 389 g/mol. The number of rotatable bonds is 6. The molecule has 7 nitrogen and oxygen atoms in total. The quantitative estimate of drug-likeness (QED) is 0.632. The van der Waals surface area contributed by atoms with Gasteiger partial charge in [0.05, 0.1) is 18.8 Å². The Kier molecular flexibility index (Phi) is 5.68. The van der Waals surface area contributed by atoms with Crippen LogP contribution in [0.25, 0.3) is 0 Å².